The Balaban J connectivity index is 1.16. The number of anilines is 2. The Labute approximate surface area is 176 Å². The predicted molar refractivity (Wildman–Crippen MR) is 113 cm³/mol. The molecule has 9 nitrogen and oxygen atoms in total. The molecule has 0 spiro atoms. The van der Waals surface area contributed by atoms with Crippen LogP contribution >= 0.6 is 0 Å². The summed E-state index contributed by atoms with van der Waals surface area (Å²) in [6, 6.07) is 6.21. The Morgan fingerprint density at radius 2 is 1.53 bits per heavy atom. The number of benzene rings is 1. The zero-order valence-electron chi connectivity index (χ0n) is 17.3. The van der Waals surface area contributed by atoms with Gasteiger partial charge in [0, 0.05) is 45.8 Å². The predicted octanol–water partition coefficient (Wildman–Crippen LogP) is 1.49. The second-order valence-electron chi connectivity index (χ2n) is 8.20. The van der Waals surface area contributed by atoms with Gasteiger partial charge in [0.25, 0.3) is 0 Å². The summed E-state index contributed by atoms with van der Waals surface area (Å²) in [5, 5.41) is 0. The first-order valence-corrected chi connectivity index (χ1v) is 10.8. The van der Waals surface area contributed by atoms with E-state index in [1.54, 1.807) is 0 Å². The molecule has 2 N–H and O–H groups in total. The van der Waals surface area contributed by atoms with Crippen LogP contribution in [0.25, 0.3) is 0 Å². The lowest BCUT2D eigenvalue weighted by Gasteiger charge is -2.34. The molecule has 9 heteroatoms. The summed E-state index contributed by atoms with van der Waals surface area (Å²) in [4.78, 5) is 20.6. The highest BCUT2D eigenvalue weighted by atomic mass is 16.7. The van der Waals surface area contributed by atoms with Crippen LogP contribution in [0.5, 0.6) is 11.5 Å². The van der Waals surface area contributed by atoms with Crippen LogP contribution in [0.1, 0.15) is 30.7 Å². The average Bonchev–Trinajstić information content (AvgIpc) is 3.23. The van der Waals surface area contributed by atoms with E-state index in [2.05, 4.69) is 36.8 Å². The Bertz CT molecular complexity index is 880. The van der Waals surface area contributed by atoms with Gasteiger partial charge < -0.3 is 20.1 Å². The monoisotopic (exact) mass is 411 g/mol. The number of ether oxygens (including phenoxy) is 2. The van der Waals surface area contributed by atoms with Gasteiger partial charge in [0.1, 0.15) is 5.82 Å². The maximum atomic E-state index is 5.98. The van der Waals surface area contributed by atoms with Crippen LogP contribution in [0.3, 0.4) is 0 Å². The Kier molecular flexibility index (Phi) is 5.54. The Morgan fingerprint density at radius 3 is 2.33 bits per heavy atom. The number of nitrogen functional groups attached to an aromatic ring is 1. The second-order valence-corrected chi connectivity index (χ2v) is 8.20. The molecule has 1 aromatic carbocycles. The summed E-state index contributed by atoms with van der Waals surface area (Å²) in [6.07, 6.45) is 3.65. The summed E-state index contributed by atoms with van der Waals surface area (Å²) >= 11 is 0. The van der Waals surface area contributed by atoms with Gasteiger partial charge in [-0.2, -0.15) is 15.0 Å². The lowest BCUT2D eigenvalue weighted by Crippen LogP contribution is -2.45. The van der Waals surface area contributed by atoms with Gasteiger partial charge >= 0.3 is 0 Å². The molecule has 0 radical (unpaired) electrons. The van der Waals surface area contributed by atoms with Crippen molar-refractivity contribution < 1.29 is 9.47 Å². The summed E-state index contributed by atoms with van der Waals surface area (Å²) < 4.78 is 10.9. The highest BCUT2D eigenvalue weighted by Gasteiger charge is 2.21. The van der Waals surface area contributed by atoms with Crippen LogP contribution in [0, 0.1) is 0 Å². The van der Waals surface area contributed by atoms with Crippen molar-refractivity contribution >= 4 is 11.9 Å². The number of rotatable bonds is 5. The normalized spacial score (nSPS) is 19.9. The van der Waals surface area contributed by atoms with Gasteiger partial charge in [-0.25, -0.2) is 0 Å². The summed E-state index contributed by atoms with van der Waals surface area (Å²) in [5.41, 5.74) is 7.24. The van der Waals surface area contributed by atoms with Crippen molar-refractivity contribution in [1.29, 1.82) is 0 Å². The van der Waals surface area contributed by atoms with E-state index < -0.39 is 0 Å². The average molecular weight is 412 g/mol. The van der Waals surface area contributed by atoms with Crippen molar-refractivity contribution in [2.75, 3.05) is 56.7 Å². The molecular formula is C21H29N7O2. The summed E-state index contributed by atoms with van der Waals surface area (Å²) in [6.45, 7) is 7.93. The number of piperazine rings is 1. The molecule has 0 saturated carbocycles. The van der Waals surface area contributed by atoms with Gasteiger partial charge in [0.05, 0.1) is 6.54 Å². The molecule has 3 aliphatic heterocycles. The van der Waals surface area contributed by atoms with Crippen molar-refractivity contribution in [3.05, 3.63) is 29.6 Å². The van der Waals surface area contributed by atoms with E-state index in [1.807, 2.05) is 6.07 Å². The first-order valence-electron chi connectivity index (χ1n) is 10.8. The van der Waals surface area contributed by atoms with Gasteiger partial charge in [-0.15, -0.1) is 0 Å². The van der Waals surface area contributed by atoms with E-state index >= 15 is 0 Å². The summed E-state index contributed by atoms with van der Waals surface area (Å²) in [7, 11) is 0. The van der Waals surface area contributed by atoms with Gasteiger partial charge in [0.15, 0.2) is 11.5 Å². The number of hydrogen-bond donors (Lipinski definition) is 1. The molecule has 160 valence electrons. The van der Waals surface area contributed by atoms with Crippen molar-refractivity contribution in [2.24, 2.45) is 0 Å². The second kappa shape index (κ2) is 8.61. The zero-order valence-corrected chi connectivity index (χ0v) is 17.3. The fourth-order valence-electron chi connectivity index (χ4n) is 4.33. The minimum atomic E-state index is 0.318. The number of aromatic nitrogens is 3. The van der Waals surface area contributed by atoms with E-state index in [1.165, 1.54) is 24.8 Å². The van der Waals surface area contributed by atoms with Crippen molar-refractivity contribution in [3.63, 3.8) is 0 Å². The lowest BCUT2D eigenvalue weighted by molar-refractivity contribution is 0.120. The number of nitrogens with two attached hydrogens (primary N) is 1. The molecular weight excluding hydrogens is 382 g/mol. The summed E-state index contributed by atoms with van der Waals surface area (Å²) in [5.74, 6) is 3.51. The van der Waals surface area contributed by atoms with E-state index in [-0.39, 0.29) is 0 Å². The Hall–Kier alpha value is -2.65. The van der Waals surface area contributed by atoms with Crippen LogP contribution in [-0.2, 0) is 13.1 Å². The fraction of sp³-hybridized carbons (Fsp3) is 0.571. The van der Waals surface area contributed by atoms with Crippen molar-refractivity contribution in [1.82, 2.24) is 24.8 Å². The molecule has 2 aromatic rings. The largest absolute Gasteiger partial charge is 0.454 e. The lowest BCUT2D eigenvalue weighted by atomic mass is 10.1. The van der Waals surface area contributed by atoms with Gasteiger partial charge in [-0.3, -0.25) is 9.80 Å². The first-order chi connectivity index (χ1) is 14.7. The standard InChI is InChI=1S/C21H29N7O2/c22-20-23-19(24-21(25-20)28-6-2-1-3-7-28)14-27-10-8-26(9-11-27)13-16-4-5-17-18(12-16)30-15-29-17/h4-5,12H,1-3,6-11,13-15H2,(H2,22,23,24,25). The van der Waals surface area contributed by atoms with E-state index in [4.69, 9.17) is 20.2 Å². The molecule has 0 amide bonds. The number of piperidine rings is 1. The molecule has 0 aliphatic carbocycles. The highest BCUT2D eigenvalue weighted by Crippen LogP contribution is 2.32. The third-order valence-corrected chi connectivity index (χ3v) is 6.00. The number of nitrogens with zero attached hydrogens (tertiary/aromatic N) is 6. The molecule has 2 fully saturated rings. The SMILES string of the molecule is Nc1nc(CN2CCN(Cc3ccc4c(c3)OCO4)CC2)nc(N2CCCCC2)n1. The third-order valence-electron chi connectivity index (χ3n) is 6.00. The van der Waals surface area contributed by atoms with Crippen LogP contribution < -0.4 is 20.1 Å². The topological polar surface area (TPSA) is 92.9 Å². The van der Waals surface area contributed by atoms with Gasteiger partial charge in [0.2, 0.25) is 18.7 Å². The molecule has 0 atom stereocenters. The number of hydrogen-bond acceptors (Lipinski definition) is 9. The van der Waals surface area contributed by atoms with Crippen LogP contribution in [0.15, 0.2) is 18.2 Å². The van der Waals surface area contributed by atoms with E-state index in [0.29, 0.717) is 19.3 Å². The highest BCUT2D eigenvalue weighted by molar-refractivity contribution is 5.44. The maximum absolute atomic E-state index is 5.98. The minimum Gasteiger partial charge on any atom is -0.454 e. The van der Waals surface area contributed by atoms with Crippen molar-refractivity contribution in [2.45, 2.75) is 32.4 Å². The van der Waals surface area contributed by atoms with Gasteiger partial charge in [-0.1, -0.05) is 6.07 Å². The van der Waals surface area contributed by atoms with Crippen LogP contribution in [-0.4, -0.2) is 70.8 Å². The third kappa shape index (κ3) is 4.41. The smallest absolute Gasteiger partial charge is 0.231 e. The molecule has 4 heterocycles. The fourth-order valence-corrected chi connectivity index (χ4v) is 4.33. The number of fused-ring (bicyclic) bond motifs is 1. The Morgan fingerprint density at radius 1 is 0.800 bits per heavy atom. The first kappa shape index (κ1) is 19.3. The molecule has 0 bridgehead atoms. The molecule has 2 saturated heterocycles. The van der Waals surface area contributed by atoms with Crippen LogP contribution in [0.4, 0.5) is 11.9 Å². The molecule has 3 aliphatic rings. The molecule has 5 rings (SSSR count). The zero-order chi connectivity index (χ0) is 20.3. The van der Waals surface area contributed by atoms with E-state index in [9.17, 15) is 0 Å². The van der Waals surface area contributed by atoms with Crippen LogP contribution in [0.2, 0.25) is 0 Å². The van der Waals surface area contributed by atoms with Gasteiger partial charge in [-0.05, 0) is 37.0 Å². The molecule has 0 unspecified atom stereocenters. The van der Waals surface area contributed by atoms with Crippen molar-refractivity contribution in [3.8, 4) is 11.5 Å². The van der Waals surface area contributed by atoms with E-state index in [0.717, 1.165) is 69.1 Å². The maximum Gasteiger partial charge on any atom is 0.231 e. The minimum absolute atomic E-state index is 0.318. The quantitative estimate of drug-likeness (QED) is 0.785. The molecule has 1 aromatic heterocycles. The molecule has 30 heavy (non-hydrogen) atoms.